The summed E-state index contributed by atoms with van der Waals surface area (Å²) in [6.07, 6.45) is 0. The van der Waals surface area contributed by atoms with Crippen molar-refractivity contribution in [3.05, 3.63) is 53.6 Å². The summed E-state index contributed by atoms with van der Waals surface area (Å²) in [7, 11) is -3.37. The van der Waals surface area contributed by atoms with Crippen molar-refractivity contribution in [2.45, 2.75) is 37.8 Å². The monoisotopic (exact) mass is 579 g/mol. The summed E-state index contributed by atoms with van der Waals surface area (Å²) in [6.45, 7) is 7.03. The number of benzene rings is 2. The predicted molar refractivity (Wildman–Crippen MR) is 139 cm³/mol. The van der Waals surface area contributed by atoms with Crippen LogP contribution in [-0.4, -0.2) is 46.7 Å². The van der Waals surface area contributed by atoms with E-state index in [2.05, 4.69) is 10.6 Å². The third kappa shape index (κ3) is 5.37. The van der Waals surface area contributed by atoms with Crippen molar-refractivity contribution in [1.82, 2.24) is 15.3 Å². The molecule has 0 fully saturated rings. The topological polar surface area (TPSA) is 104 Å². The Hall–Kier alpha value is -2.47. The number of nitrogens with one attached hydrogen (secondary N) is 2. The zero-order valence-corrected chi connectivity index (χ0v) is 21.7. The zero-order chi connectivity index (χ0) is 23.8. The van der Waals surface area contributed by atoms with Crippen molar-refractivity contribution in [2.24, 2.45) is 0 Å². The van der Waals surface area contributed by atoms with Crippen molar-refractivity contribution in [2.75, 3.05) is 29.1 Å². The van der Waals surface area contributed by atoms with E-state index in [1.807, 2.05) is 56.0 Å². The van der Waals surface area contributed by atoms with E-state index in [9.17, 15) is 13.2 Å². The lowest BCUT2D eigenvalue weighted by Crippen LogP contribution is -2.46. The van der Waals surface area contributed by atoms with E-state index in [4.69, 9.17) is 9.97 Å². The Labute approximate surface area is 207 Å². The molecule has 1 aliphatic rings. The van der Waals surface area contributed by atoms with Gasteiger partial charge in [0.25, 0.3) is 3.91 Å². The summed E-state index contributed by atoms with van der Waals surface area (Å²) in [5.74, 6) is 1.11. The summed E-state index contributed by atoms with van der Waals surface area (Å²) in [4.78, 5) is 23.4. The van der Waals surface area contributed by atoms with Gasteiger partial charge in [-0.3, -0.25) is 4.79 Å². The molecular formula is C23H26IN5O3S. The standard InChI is InChI=1S/C23H26IN5O3S/c1-15-8-9-18-17(12-15)20(25-14-23(2,3)28-21(24)30)27-22(26-18)29-10-11-33(31,32)19-7-5-4-6-16(19)13-29/h4-9,12H,10-11,13-14H2,1-3H3,(H,28,30)(H,25,26,27). The molecule has 33 heavy (non-hydrogen) atoms. The Morgan fingerprint density at radius 3 is 2.70 bits per heavy atom. The number of carbonyl (C=O) groups excluding carboxylic acids is 1. The second-order valence-corrected chi connectivity index (χ2v) is 11.9. The zero-order valence-electron chi connectivity index (χ0n) is 18.7. The maximum atomic E-state index is 12.8. The van der Waals surface area contributed by atoms with Crippen LogP contribution in [0.25, 0.3) is 10.9 Å². The molecule has 0 unspecified atom stereocenters. The lowest BCUT2D eigenvalue weighted by molar-refractivity contribution is 0.254. The highest BCUT2D eigenvalue weighted by Gasteiger charge is 2.27. The first-order valence-corrected chi connectivity index (χ1v) is 13.3. The molecule has 0 aliphatic carbocycles. The van der Waals surface area contributed by atoms with Crippen LogP contribution in [0.3, 0.4) is 0 Å². The molecule has 8 nitrogen and oxygen atoms in total. The first-order chi connectivity index (χ1) is 15.5. The fourth-order valence-electron chi connectivity index (χ4n) is 3.85. The highest BCUT2D eigenvalue weighted by Crippen LogP contribution is 2.29. The van der Waals surface area contributed by atoms with Gasteiger partial charge in [0.1, 0.15) is 5.82 Å². The highest BCUT2D eigenvalue weighted by atomic mass is 127. The number of nitrogens with zero attached hydrogens (tertiary/aromatic N) is 3. The molecule has 1 amide bonds. The van der Waals surface area contributed by atoms with Crippen molar-refractivity contribution in [3.63, 3.8) is 0 Å². The summed E-state index contributed by atoms with van der Waals surface area (Å²) in [5.41, 5.74) is 2.10. The van der Waals surface area contributed by atoms with E-state index in [0.717, 1.165) is 22.0 Å². The van der Waals surface area contributed by atoms with Gasteiger partial charge >= 0.3 is 0 Å². The Kier molecular flexibility index (Phi) is 6.50. The Morgan fingerprint density at radius 2 is 1.94 bits per heavy atom. The fraction of sp³-hybridized carbons (Fsp3) is 0.348. The van der Waals surface area contributed by atoms with Crippen LogP contribution in [0.2, 0.25) is 0 Å². The molecule has 10 heteroatoms. The van der Waals surface area contributed by atoms with E-state index >= 15 is 0 Å². The molecule has 174 valence electrons. The molecule has 1 aromatic heterocycles. The normalized spacial score (nSPS) is 15.6. The third-order valence-corrected chi connectivity index (χ3v) is 7.61. The molecule has 3 aromatic rings. The van der Waals surface area contributed by atoms with Gasteiger partial charge in [-0.1, -0.05) is 29.8 Å². The van der Waals surface area contributed by atoms with Gasteiger partial charge in [-0.15, -0.1) is 0 Å². The van der Waals surface area contributed by atoms with Crippen LogP contribution in [-0.2, 0) is 16.4 Å². The fourth-order valence-corrected chi connectivity index (χ4v) is 6.08. The largest absolute Gasteiger partial charge is 0.367 e. The Bertz CT molecular complexity index is 1330. The molecule has 1 aliphatic heterocycles. The second kappa shape index (κ2) is 9.05. The van der Waals surface area contributed by atoms with Crippen LogP contribution in [0.5, 0.6) is 0 Å². The van der Waals surface area contributed by atoms with Gasteiger partial charge in [0.2, 0.25) is 5.95 Å². The minimum Gasteiger partial charge on any atom is -0.367 e. The van der Waals surface area contributed by atoms with Crippen LogP contribution in [0.15, 0.2) is 47.4 Å². The van der Waals surface area contributed by atoms with E-state index in [-0.39, 0.29) is 9.67 Å². The minimum absolute atomic E-state index is 0.00318. The van der Waals surface area contributed by atoms with Gasteiger partial charge in [-0.25, -0.2) is 13.4 Å². The number of hydrogen-bond donors (Lipinski definition) is 2. The van der Waals surface area contributed by atoms with Gasteiger partial charge in [-0.05, 0) is 44.5 Å². The predicted octanol–water partition coefficient (Wildman–Crippen LogP) is 4.07. The van der Waals surface area contributed by atoms with Gasteiger partial charge in [0.15, 0.2) is 9.84 Å². The molecule has 0 bridgehead atoms. The quantitative estimate of drug-likeness (QED) is 0.267. The number of anilines is 2. The van der Waals surface area contributed by atoms with Crippen molar-refractivity contribution in [3.8, 4) is 0 Å². The van der Waals surface area contributed by atoms with E-state index in [1.165, 1.54) is 0 Å². The number of fused-ring (bicyclic) bond motifs is 2. The lowest BCUT2D eigenvalue weighted by Gasteiger charge is -2.27. The smallest absolute Gasteiger partial charge is 0.281 e. The van der Waals surface area contributed by atoms with Gasteiger partial charge in [-0.2, -0.15) is 4.98 Å². The van der Waals surface area contributed by atoms with E-state index in [1.54, 1.807) is 34.7 Å². The molecule has 0 atom stereocenters. The summed E-state index contributed by atoms with van der Waals surface area (Å²) < 4.78 is 25.4. The lowest BCUT2D eigenvalue weighted by atomic mass is 10.1. The molecular weight excluding hydrogens is 553 g/mol. The average molecular weight is 579 g/mol. The number of sulfone groups is 1. The van der Waals surface area contributed by atoms with Gasteiger partial charge in [0, 0.05) is 47.6 Å². The number of rotatable bonds is 5. The van der Waals surface area contributed by atoms with Crippen LogP contribution >= 0.6 is 22.6 Å². The molecule has 0 spiro atoms. The SMILES string of the molecule is Cc1ccc2nc(N3CCS(=O)(=O)c4ccccc4C3)nc(NCC(C)(C)NC(=O)I)c2c1. The number of aryl methyl sites for hydroxylation is 1. The number of aromatic nitrogens is 2. The highest BCUT2D eigenvalue weighted by molar-refractivity contribution is 14.1. The molecule has 0 radical (unpaired) electrons. The van der Waals surface area contributed by atoms with Crippen LogP contribution in [0.4, 0.5) is 16.6 Å². The van der Waals surface area contributed by atoms with Crippen LogP contribution in [0, 0.1) is 6.92 Å². The van der Waals surface area contributed by atoms with Crippen LogP contribution < -0.4 is 15.5 Å². The van der Waals surface area contributed by atoms with Crippen molar-refractivity contribution >= 4 is 59.0 Å². The van der Waals surface area contributed by atoms with Crippen molar-refractivity contribution < 1.29 is 13.2 Å². The third-order valence-electron chi connectivity index (χ3n) is 5.56. The Morgan fingerprint density at radius 1 is 1.18 bits per heavy atom. The van der Waals surface area contributed by atoms with E-state index in [0.29, 0.717) is 36.3 Å². The molecule has 0 saturated heterocycles. The molecule has 2 N–H and O–H groups in total. The minimum atomic E-state index is -3.37. The first-order valence-electron chi connectivity index (χ1n) is 10.6. The summed E-state index contributed by atoms with van der Waals surface area (Å²) in [5, 5.41) is 7.17. The molecule has 0 saturated carbocycles. The first kappa shape index (κ1) is 23.7. The molecule has 2 aromatic carbocycles. The van der Waals surface area contributed by atoms with Crippen LogP contribution in [0.1, 0.15) is 25.0 Å². The summed E-state index contributed by atoms with van der Waals surface area (Å²) in [6, 6.07) is 13.1. The molecule has 4 rings (SSSR count). The van der Waals surface area contributed by atoms with Crippen molar-refractivity contribution in [1.29, 1.82) is 0 Å². The van der Waals surface area contributed by atoms with E-state index < -0.39 is 15.4 Å². The number of carbonyl (C=O) groups is 1. The number of hydrogen-bond acceptors (Lipinski definition) is 7. The summed E-state index contributed by atoms with van der Waals surface area (Å²) >= 11 is 1.72. The Balaban J connectivity index is 1.73. The van der Waals surface area contributed by atoms with Gasteiger partial charge in [0.05, 0.1) is 21.7 Å². The average Bonchev–Trinajstić information content (AvgIpc) is 2.87. The number of halogens is 1. The van der Waals surface area contributed by atoms with Gasteiger partial charge < -0.3 is 15.5 Å². The number of amides is 1. The maximum Gasteiger partial charge on any atom is 0.281 e. The molecule has 2 heterocycles. The second-order valence-electron chi connectivity index (χ2n) is 8.88. The maximum absolute atomic E-state index is 12.8.